The molecule has 0 aliphatic carbocycles. The van der Waals surface area contributed by atoms with E-state index in [2.05, 4.69) is 0 Å². The van der Waals surface area contributed by atoms with Gasteiger partial charge in [0.15, 0.2) is 6.29 Å². The van der Waals surface area contributed by atoms with Crippen molar-refractivity contribution in [3.05, 3.63) is 29.8 Å². The summed E-state index contributed by atoms with van der Waals surface area (Å²) < 4.78 is 28.1. The number of methoxy groups -OCH3 is 2. The number of hydrogen-bond donors (Lipinski definition) is 0. The van der Waals surface area contributed by atoms with Crippen LogP contribution < -0.4 is 5.19 Å². The molecule has 0 spiro atoms. The molecule has 0 saturated heterocycles. The molecule has 0 atom stereocenters. The van der Waals surface area contributed by atoms with E-state index in [1.165, 1.54) is 0 Å². The van der Waals surface area contributed by atoms with Gasteiger partial charge in [0.25, 0.3) is 0 Å². The largest absolute Gasteiger partial charge is 0.537 e. The fraction of sp³-hybridized carbons (Fsp3) is 0.600. The van der Waals surface area contributed by atoms with Crippen LogP contribution in [0.15, 0.2) is 24.3 Å². The van der Waals surface area contributed by atoms with Gasteiger partial charge in [-0.25, -0.2) is 0 Å². The van der Waals surface area contributed by atoms with Crippen LogP contribution in [0.1, 0.15) is 32.6 Å². The smallest absolute Gasteiger partial charge is 0.370 e. The van der Waals surface area contributed by atoms with Crippen molar-refractivity contribution in [2.45, 2.75) is 27.1 Å². The molecule has 0 aromatic heterocycles. The Morgan fingerprint density at radius 1 is 0.810 bits per heavy atom. The summed E-state index contributed by atoms with van der Waals surface area (Å²) in [7, 11) is 0.394. The predicted molar refractivity (Wildman–Crippen MR) is 83.5 cm³/mol. The number of benzene rings is 1. The molecule has 0 fully saturated rings. The van der Waals surface area contributed by atoms with Crippen LogP contribution in [0, 0.1) is 0 Å². The molecule has 6 heteroatoms. The lowest BCUT2D eigenvalue weighted by Crippen LogP contribution is -2.56. The number of rotatable bonds is 10. The Balaban J connectivity index is 3.07. The van der Waals surface area contributed by atoms with Crippen LogP contribution >= 0.6 is 0 Å². The van der Waals surface area contributed by atoms with Crippen LogP contribution in [0.4, 0.5) is 0 Å². The minimum Gasteiger partial charge on any atom is -0.370 e. The molecule has 0 radical (unpaired) electrons. The van der Waals surface area contributed by atoms with Crippen LogP contribution in [0.3, 0.4) is 0 Å². The van der Waals surface area contributed by atoms with Gasteiger partial charge in [-0.05, 0) is 20.8 Å². The third-order valence-electron chi connectivity index (χ3n) is 2.97. The van der Waals surface area contributed by atoms with Crippen molar-refractivity contribution in [2.24, 2.45) is 0 Å². The Morgan fingerprint density at radius 3 is 1.57 bits per heavy atom. The van der Waals surface area contributed by atoms with Crippen molar-refractivity contribution in [1.29, 1.82) is 0 Å². The summed E-state index contributed by atoms with van der Waals surface area (Å²) in [6.45, 7) is 7.48. The fourth-order valence-electron chi connectivity index (χ4n) is 2.16. The molecule has 0 heterocycles. The van der Waals surface area contributed by atoms with E-state index < -0.39 is 8.80 Å². The topological polar surface area (TPSA) is 46.2 Å². The van der Waals surface area contributed by atoms with Gasteiger partial charge in [0.2, 0.25) is 0 Å². The third-order valence-corrected chi connectivity index (χ3v) is 6.01. The molecule has 1 rings (SSSR count). The van der Waals surface area contributed by atoms with Gasteiger partial charge in [-0.3, -0.25) is 0 Å². The summed E-state index contributed by atoms with van der Waals surface area (Å²) in [5, 5.41) is 0.947. The van der Waals surface area contributed by atoms with E-state index in [0.29, 0.717) is 19.8 Å². The fourth-order valence-corrected chi connectivity index (χ4v) is 4.62. The highest BCUT2D eigenvalue weighted by Crippen LogP contribution is 2.18. The first-order valence-corrected chi connectivity index (χ1v) is 8.97. The first kappa shape index (κ1) is 18.3. The van der Waals surface area contributed by atoms with Crippen molar-refractivity contribution in [3.63, 3.8) is 0 Å². The van der Waals surface area contributed by atoms with Crippen LogP contribution in [-0.2, 0) is 22.8 Å². The van der Waals surface area contributed by atoms with Crippen molar-refractivity contribution in [2.75, 3.05) is 34.0 Å². The maximum atomic E-state index is 5.88. The van der Waals surface area contributed by atoms with Crippen LogP contribution in [0.2, 0.25) is 0 Å². The Hall–Kier alpha value is -0.763. The molecule has 0 bridgehead atoms. The molecule has 0 aliphatic heterocycles. The Kier molecular flexibility index (Phi) is 8.09. The van der Waals surface area contributed by atoms with E-state index in [0.717, 1.165) is 10.8 Å². The zero-order valence-corrected chi connectivity index (χ0v) is 14.5. The van der Waals surface area contributed by atoms with E-state index in [-0.39, 0.29) is 6.29 Å². The maximum Gasteiger partial charge on any atom is 0.537 e. The van der Waals surface area contributed by atoms with Crippen LogP contribution in [0.5, 0.6) is 0 Å². The highest BCUT2D eigenvalue weighted by molar-refractivity contribution is 6.75. The van der Waals surface area contributed by atoms with Crippen molar-refractivity contribution in [3.8, 4) is 0 Å². The van der Waals surface area contributed by atoms with Crippen molar-refractivity contribution >= 4 is 14.0 Å². The third kappa shape index (κ3) is 4.60. The molecule has 21 heavy (non-hydrogen) atoms. The van der Waals surface area contributed by atoms with Crippen LogP contribution in [0.25, 0.3) is 0 Å². The van der Waals surface area contributed by atoms with Gasteiger partial charge in [0.05, 0.1) is 0 Å². The molecule has 0 amide bonds. The molecule has 0 aliphatic rings. The number of ether oxygens (including phenoxy) is 2. The lowest BCUT2D eigenvalue weighted by molar-refractivity contribution is -0.106. The summed E-state index contributed by atoms with van der Waals surface area (Å²) in [5.74, 6) is 0. The van der Waals surface area contributed by atoms with E-state index in [1.54, 1.807) is 14.2 Å². The number of hydrogen-bond acceptors (Lipinski definition) is 5. The van der Waals surface area contributed by atoms with Gasteiger partial charge >= 0.3 is 8.80 Å². The average Bonchev–Trinajstić information content (AvgIpc) is 2.50. The maximum absolute atomic E-state index is 5.88. The Morgan fingerprint density at radius 2 is 1.24 bits per heavy atom. The monoisotopic (exact) mass is 314 g/mol. The van der Waals surface area contributed by atoms with Gasteiger partial charge < -0.3 is 22.8 Å². The summed E-state index contributed by atoms with van der Waals surface area (Å²) in [5.41, 5.74) is 0.941. The van der Waals surface area contributed by atoms with Gasteiger partial charge in [0.1, 0.15) is 0 Å². The lowest BCUT2D eigenvalue weighted by atomic mass is 10.2. The SMILES string of the molecule is CCO[Si](OCC)(OCC)c1ccc(C(OC)OC)cc1. The van der Waals surface area contributed by atoms with E-state index in [1.807, 2.05) is 45.0 Å². The molecule has 5 nitrogen and oxygen atoms in total. The molecular formula is C15H26O5Si. The summed E-state index contributed by atoms with van der Waals surface area (Å²) in [6.07, 6.45) is -0.374. The van der Waals surface area contributed by atoms with Gasteiger partial charge in [-0.1, -0.05) is 24.3 Å². The minimum atomic E-state index is -2.83. The van der Waals surface area contributed by atoms with Gasteiger partial charge in [-0.15, -0.1) is 0 Å². The first-order chi connectivity index (χ1) is 10.2. The molecule has 0 unspecified atom stereocenters. The minimum absolute atomic E-state index is 0.374. The van der Waals surface area contributed by atoms with Crippen molar-refractivity contribution < 1.29 is 22.8 Å². The zero-order valence-electron chi connectivity index (χ0n) is 13.5. The second kappa shape index (κ2) is 9.29. The standard InChI is InChI=1S/C15H26O5Si/c1-6-18-21(19-7-2,20-8-3)14-11-9-13(10-12-14)15(16-4)17-5/h9-12,15H,6-8H2,1-5H3. The zero-order chi connectivity index (χ0) is 15.7. The normalized spacial score (nSPS) is 12.1. The molecule has 120 valence electrons. The van der Waals surface area contributed by atoms with Gasteiger partial charge in [-0.2, -0.15) is 0 Å². The first-order valence-electron chi connectivity index (χ1n) is 7.25. The quantitative estimate of drug-likeness (QED) is 0.489. The van der Waals surface area contributed by atoms with E-state index >= 15 is 0 Å². The molecule has 0 saturated carbocycles. The highest BCUT2D eigenvalue weighted by Gasteiger charge is 2.43. The Labute approximate surface area is 128 Å². The summed E-state index contributed by atoms with van der Waals surface area (Å²) in [6, 6.07) is 7.83. The lowest BCUT2D eigenvalue weighted by Gasteiger charge is -2.28. The van der Waals surface area contributed by atoms with Gasteiger partial charge in [0, 0.05) is 44.8 Å². The van der Waals surface area contributed by atoms with Crippen LogP contribution in [-0.4, -0.2) is 42.8 Å². The summed E-state index contributed by atoms with van der Waals surface area (Å²) >= 11 is 0. The second-order valence-corrected chi connectivity index (χ2v) is 6.84. The predicted octanol–water partition coefficient (Wildman–Crippen LogP) is 2.23. The molecule has 1 aromatic rings. The molecule has 1 aromatic carbocycles. The summed E-state index contributed by atoms with van der Waals surface area (Å²) in [4.78, 5) is 0. The molecule has 0 N–H and O–H groups in total. The Bertz CT molecular complexity index is 375. The van der Waals surface area contributed by atoms with E-state index in [9.17, 15) is 0 Å². The highest BCUT2D eigenvalue weighted by atomic mass is 28.4. The van der Waals surface area contributed by atoms with E-state index in [4.69, 9.17) is 22.8 Å². The van der Waals surface area contributed by atoms with Crippen molar-refractivity contribution in [1.82, 2.24) is 0 Å². The molecular weight excluding hydrogens is 288 g/mol. The average molecular weight is 314 g/mol. The second-order valence-electron chi connectivity index (χ2n) is 4.28.